The molecule has 0 aliphatic carbocycles. The molecule has 0 aromatic heterocycles. The molecule has 0 rings (SSSR count). The van der Waals surface area contributed by atoms with Crippen LogP contribution in [0.5, 0.6) is 0 Å². The van der Waals surface area contributed by atoms with Gasteiger partial charge in [0.25, 0.3) is 0 Å². The number of hydrogen-bond donors (Lipinski definition) is 0. The first-order valence-electron chi connectivity index (χ1n) is 8.04. The molecule has 0 bridgehead atoms. The maximum absolute atomic E-state index is 13.4. The van der Waals surface area contributed by atoms with Crippen LogP contribution in [0.3, 0.4) is 0 Å². The molecule has 0 atom stereocenters. The summed E-state index contributed by atoms with van der Waals surface area (Å²) in [5, 5.41) is -4.51. The summed E-state index contributed by atoms with van der Waals surface area (Å²) in [5.41, 5.74) is 0. The van der Waals surface area contributed by atoms with E-state index in [1.165, 1.54) is 0 Å². The minimum Gasteiger partial charge on any atom is -0.192 e. The first kappa shape index (κ1) is 38.1. The van der Waals surface area contributed by atoms with Crippen molar-refractivity contribution in [3.05, 3.63) is 0 Å². The fraction of sp³-hybridized carbons (Fsp3) is 1.00. The summed E-state index contributed by atoms with van der Waals surface area (Å²) in [4.78, 5) is 0. The van der Waals surface area contributed by atoms with E-state index in [0.717, 1.165) is 0 Å². The van der Waals surface area contributed by atoms with Crippen molar-refractivity contribution in [1.82, 2.24) is 5.34 Å². The Morgan fingerprint density at radius 2 is 0.375 bits per heavy atom. The second kappa shape index (κ2) is 9.03. The fourth-order valence-corrected chi connectivity index (χ4v) is 2.05. The van der Waals surface area contributed by atoms with Crippen molar-refractivity contribution in [3.63, 3.8) is 0 Å². The van der Waals surface area contributed by atoms with Crippen LogP contribution in [0.4, 0.5) is 119 Å². The molecule has 0 N–H and O–H groups in total. The van der Waals surface area contributed by atoms with E-state index in [0.29, 0.717) is 0 Å². The van der Waals surface area contributed by atoms with E-state index in [4.69, 9.17) is 0 Å². The van der Waals surface area contributed by atoms with Gasteiger partial charge in [0.2, 0.25) is 0 Å². The van der Waals surface area contributed by atoms with Crippen LogP contribution in [0, 0.1) is 0 Å². The van der Waals surface area contributed by atoms with Gasteiger partial charge in [0.05, 0.1) is 5.34 Å². The maximum atomic E-state index is 13.4. The van der Waals surface area contributed by atoms with Gasteiger partial charge in [0.15, 0.2) is 0 Å². The number of hydrogen-bond acceptors (Lipinski definition) is 1. The van der Waals surface area contributed by atoms with Crippen molar-refractivity contribution in [1.29, 1.82) is 0 Å². The van der Waals surface area contributed by atoms with Gasteiger partial charge in [-0.25, -0.2) is 0 Å². The molecule has 0 amide bonds. The Morgan fingerprint density at radius 3 is 0.525 bits per heavy atom. The van der Waals surface area contributed by atoms with Crippen LogP contribution >= 0.6 is 0 Å². The quantitative estimate of drug-likeness (QED) is 0.121. The number of alkyl halides is 25. The molecule has 0 fully saturated rings. The molecule has 0 aromatic carbocycles. The molecule has 1 nitrogen and oxygen atoms in total. The third-order valence-corrected chi connectivity index (χ3v) is 4.50. The van der Waals surface area contributed by atoms with E-state index in [1.807, 2.05) is 0 Å². The molecule has 0 saturated heterocycles. The Kier molecular flexibility index (Phi) is 8.60. The Hall–Kier alpha value is -1.93. The maximum Gasteiger partial charge on any atom is 0.460 e. The van der Waals surface area contributed by atoms with Gasteiger partial charge in [-0.1, -0.05) is 8.96 Å². The van der Waals surface area contributed by atoms with Crippen LogP contribution in [0.25, 0.3) is 0 Å². The van der Waals surface area contributed by atoms with Crippen molar-refractivity contribution in [2.75, 3.05) is 0 Å². The number of rotatable bonds is 11. The van der Waals surface area contributed by atoms with Crippen LogP contribution in [-0.2, 0) is 0 Å². The minimum absolute atomic E-state index is 4.51. The van der Waals surface area contributed by atoms with Gasteiger partial charge >= 0.3 is 71.4 Å². The summed E-state index contributed by atoms with van der Waals surface area (Å²) in [6.07, 6.45) is -8.22. The van der Waals surface area contributed by atoms with Crippen molar-refractivity contribution in [2.45, 2.75) is 71.4 Å². The molecular formula is C12F27N. The molecule has 0 saturated carbocycles. The molecule has 0 aliphatic rings. The van der Waals surface area contributed by atoms with Gasteiger partial charge in [-0.2, -0.15) is 110 Å². The molecule has 0 spiro atoms. The molecule has 242 valence electrons. The predicted molar refractivity (Wildman–Crippen MR) is 64.5 cm³/mol. The van der Waals surface area contributed by atoms with Gasteiger partial charge in [-0.3, -0.25) is 0 Å². The van der Waals surface area contributed by atoms with E-state index in [2.05, 4.69) is 0 Å². The monoisotopic (exact) mass is 671 g/mol. The van der Waals surface area contributed by atoms with Crippen molar-refractivity contribution in [3.8, 4) is 0 Å². The van der Waals surface area contributed by atoms with Gasteiger partial charge in [0.1, 0.15) is 0 Å². The van der Waals surface area contributed by atoms with Crippen LogP contribution in [0.15, 0.2) is 0 Å². The average molecular weight is 671 g/mol. The van der Waals surface area contributed by atoms with Gasteiger partial charge < -0.3 is 0 Å². The van der Waals surface area contributed by atoms with E-state index in [9.17, 15) is 119 Å². The van der Waals surface area contributed by atoms with Crippen LogP contribution in [0.2, 0.25) is 0 Å². The van der Waals surface area contributed by atoms with Gasteiger partial charge in [-0.15, -0.1) is 0 Å². The summed E-state index contributed by atoms with van der Waals surface area (Å²) in [6, 6.07) is -8.18. The molecule has 0 radical (unpaired) electrons. The Morgan fingerprint density at radius 1 is 0.225 bits per heavy atom. The van der Waals surface area contributed by atoms with E-state index >= 15 is 0 Å². The first-order valence-corrected chi connectivity index (χ1v) is 8.04. The van der Waals surface area contributed by atoms with E-state index in [-0.39, 0.29) is 0 Å². The molecular weight excluding hydrogens is 671 g/mol. The topological polar surface area (TPSA) is 3.24 Å². The molecule has 0 unspecified atom stereocenters. The Balaban J connectivity index is 7.35. The lowest BCUT2D eigenvalue weighted by atomic mass is 9.85. The second-order valence-electron chi connectivity index (χ2n) is 7.02. The lowest BCUT2D eigenvalue weighted by Crippen LogP contribution is -2.78. The summed E-state index contributed by atoms with van der Waals surface area (Å²) < 4.78 is 348. The summed E-state index contributed by atoms with van der Waals surface area (Å²) in [6.45, 7) is 0. The van der Waals surface area contributed by atoms with Crippen molar-refractivity contribution in [2.24, 2.45) is 0 Å². The van der Waals surface area contributed by atoms with Crippen molar-refractivity contribution < 1.29 is 119 Å². The van der Waals surface area contributed by atoms with Gasteiger partial charge in [0, 0.05) is 0 Å². The number of nitrogens with zero attached hydrogens (tertiary/aromatic N) is 1. The zero-order valence-electron chi connectivity index (χ0n) is 16.7. The normalized spacial score (nSPS) is 17.1. The zero-order chi connectivity index (χ0) is 33.6. The summed E-state index contributed by atoms with van der Waals surface area (Å²) >= 11 is 0. The lowest BCUT2D eigenvalue weighted by Gasteiger charge is -2.45. The van der Waals surface area contributed by atoms with E-state index < -0.39 is 76.8 Å². The summed E-state index contributed by atoms with van der Waals surface area (Å²) in [5.74, 6) is -93.7. The highest BCUT2D eigenvalue weighted by Crippen LogP contribution is 2.67. The van der Waals surface area contributed by atoms with Crippen LogP contribution in [-0.4, -0.2) is 76.8 Å². The lowest BCUT2D eigenvalue weighted by molar-refractivity contribution is -0.493. The Labute approximate surface area is 197 Å². The molecule has 0 aromatic rings. The molecule has 0 aliphatic heterocycles. The smallest absolute Gasteiger partial charge is 0.192 e. The SMILES string of the molecule is FN(F)C(F)(F)C(F)(F)C(F)(F)C(F)(F)C(F)(F)C(F)(F)C(F)(F)C(F)(F)C(F)(F)C(F)(F)C(F)(F)C(F)(F)F. The minimum atomic E-state index is -9.74. The average Bonchev–Trinajstić information content (AvgIpc) is 2.71. The fourth-order valence-electron chi connectivity index (χ4n) is 2.05. The van der Waals surface area contributed by atoms with Gasteiger partial charge in [-0.05, 0) is 0 Å². The second-order valence-corrected chi connectivity index (χ2v) is 7.02. The third kappa shape index (κ3) is 4.18. The van der Waals surface area contributed by atoms with E-state index in [1.54, 1.807) is 0 Å². The van der Waals surface area contributed by atoms with Crippen LogP contribution in [0.1, 0.15) is 0 Å². The highest BCUT2D eigenvalue weighted by Gasteiger charge is 2.99. The molecule has 40 heavy (non-hydrogen) atoms. The zero-order valence-corrected chi connectivity index (χ0v) is 16.7. The molecule has 28 heteroatoms. The number of halogens is 27. The third-order valence-electron chi connectivity index (χ3n) is 4.50. The molecule has 0 heterocycles. The Bertz CT molecular complexity index is 920. The highest BCUT2D eigenvalue weighted by atomic mass is 19.4. The van der Waals surface area contributed by atoms with Crippen molar-refractivity contribution >= 4 is 0 Å². The largest absolute Gasteiger partial charge is 0.460 e. The van der Waals surface area contributed by atoms with Crippen LogP contribution < -0.4 is 0 Å². The standard InChI is InChI=1S/C12F27N/c13-1(14,3(17,18)5(21,22)7(25,26)9(29,30)11(33,34)35)2(15,16)4(19,20)6(23,24)8(27,28)10(31,32)12(36,37)40(38)39. The first-order chi connectivity index (χ1) is 16.7. The summed E-state index contributed by atoms with van der Waals surface area (Å²) in [7, 11) is 0. The highest BCUT2D eigenvalue weighted by molar-refractivity contribution is 5.19. The predicted octanol–water partition coefficient (Wildman–Crippen LogP) is 8.57.